The number of nitrogens with two attached hydrogens (primary N) is 2. The molecule has 7 nitrogen and oxygen atoms in total. The van der Waals surface area contributed by atoms with Gasteiger partial charge in [-0.2, -0.15) is 0 Å². The van der Waals surface area contributed by atoms with E-state index in [4.69, 9.17) is 21.1 Å². The van der Waals surface area contributed by atoms with Crippen LogP contribution in [0.1, 0.15) is 22.7 Å². The first-order chi connectivity index (χ1) is 12.6. The number of ether oxygens (including phenoxy) is 2. The Bertz CT molecular complexity index is 857. The average Bonchev–Trinajstić information content (AvgIpc) is 2.67. The van der Waals surface area contributed by atoms with Gasteiger partial charge in [0.15, 0.2) is 0 Å². The number of nitrogens with one attached hydrogen (secondary N) is 1. The molecule has 0 aromatic heterocycles. The molecule has 1 aliphatic rings. The molecule has 0 saturated heterocycles. The van der Waals surface area contributed by atoms with Gasteiger partial charge >= 0.3 is 0 Å². The monoisotopic (exact) mass is 390 g/mol. The van der Waals surface area contributed by atoms with E-state index in [0.717, 1.165) is 16.7 Å². The number of rotatable bonds is 6. The third-order valence-corrected chi connectivity index (χ3v) is 4.44. The Morgan fingerprint density at radius 1 is 1.19 bits per heavy atom. The molecule has 3 rings (SSSR count). The molecule has 27 heavy (non-hydrogen) atoms. The summed E-state index contributed by atoms with van der Waals surface area (Å²) in [4.78, 5) is 14.1. The number of hydrogen-bond donors (Lipinski definition) is 3. The van der Waals surface area contributed by atoms with Crippen LogP contribution in [0.5, 0.6) is 11.5 Å². The van der Waals surface area contributed by atoms with Gasteiger partial charge < -0.3 is 25.5 Å². The molecular weight excluding hydrogens is 368 g/mol. The van der Waals surface area contributed by atoms with Crippen molar-refractivity contribution in [3.05, 3.63) is 59.3 Å². The zero-order valence-electron chi connectivity index (χ0n) is 15.1. The molecule has 0 spiro atoms. The highest BCUT2D eigenvalue weighted by Crippen LogP contribution is 2.35. The maximum absolute atomic E-state index is 12.2. The number of carbonyl (C=O) groups excluding carboxylic acids is 1. The number of hydrogen-bond acceptors (Lipinski definition) is 6. The van der Waals surface area contributed by atoms with Gasteiger partial charge in [0, 0.05) is 30.1 Å². The number of methoxy groups -OCH3 is 2. The Morgan fingerprint density at radius 2 is 1.96 bits per heavy atom. The lowest BCUT2D eigenvalue weighted by molar-refractivity contribution is -0.122. The van der Waals surface area contributed by atoms with E-state index in [9.17, 15) is 4.79 Å². The van der Waals surface area contributed by atoms with Crippen LogP contribution in [0, 0.1) is 0 Å². The first-order valence-electron chi connectivity index (χ1n) is 8.12. The zero-order valence-corrected chi connectivity index (χ0v) is 16.0. The maximum atomic E-state index is 12.2. The van der Waals surface area contributed by atoms with Gasteiger partial charge in [0.1, 0.15) is 17.5 Å². The molecule has 0 fully saturated rings. The molecule has 2 aromatic rings. The van der Waals surface area contributed by atoms with Crippen LogP contribution < -0.4 is 26.5 Å². The highest BCUT2D eigenvalue weighted by Gasteiger charge is 2.29. The van der Waals surface area contributed by atoms with Crippen LogP contribution in [0.4, 0.5) is 5.69 Å². The van der Waals surface area contributed by atoms with Crippen LogP contribution in [0.25, 0.3) is 6.08 Å². The molecule has 1 heterocycles. The number of nitrogen functional groups attached to an aromatic ring is 1. The molecule has 2 aromatic carbocycles. The number of fused-ring (bicyclic) bond motifs is 1. The summed E-state index contributed by atoms with van der Waals surface area (Å²) in [5, 5.41) is 0. The number of carbonyl (C=O) groups is 1. The van der Waals surface area contributed by atoms with Crippen LogP contribution in [-0.4, -0.2) is 25.0 Å². The summed E-state index contributed by atoms with van der Waals surface area (Å²) >= 11 is 0. The number of nitrogens with zero attached hydrogens (tertiary/aromatic N) is 1. The average molecular weight is 391 g/mol. The third kappa shape index (κ3) is 4.10. The highest BCUT2D eigenvalue weighted by molar-refractivity contribution is 5.85. The van der Waals surface area contributed by atoms with Crippen LogP contribution >= 0.6 is 12.4 Å². The summed E-state index contributed by atoms with van der Waals surface area (Å²) in [7, 11) is 3.20. The van der Waals surface area contributed by atoms with Crippen molar-refractivity contribution in [2.75, 3.05) is 19.6 Å². The summed E-state index contributed by atoms with van der Waals surface area (Å²) in [5.74, 6) is 6.46. The Kier molecular flexibility index (Phi) is 6.55. The van der Waals surface area contributed by atoms with E-state index in [1.54, 1.807) is 14.2 Å². The Balaban J connectivity index is 0.00000261. The van der Waals surface area contributed by atoms with Crippen LogP contribution in [-0.2, 0) is 11.3 Å². The summed E-state index contributed by atoms with van der Waals surface area (Å²) in [5.41, 5.74) is 11.7. The third-order valence-electron chi connectivity index (χ3n) is 4.44. The SMILES string of the molecule is COc1ccc(CN2C=Cc3ccc(NN)cc3C2C(N)=O)c(OC)c1.Cl. The van der Waals surface area contributed by atoms with Crippen molar-refractivity contribution in [1.82, 2.24) is 4.90 Å². The molecule has 0 radical (unpaired) electrons. The molecule has 1 atom stereocenters. The van der Waals surface area contributed by atoms with Gasteiger partial charge in [-0.1, -0.05) is 6.07 Å². The first kappa shape index (κ1) is 20.4. The van der Waals surface area contributed by atoms with Crippen LogP contribution in [0.15, 0.2) is 42.6 Å². The molecule has 1 amide bonds. The number of halogens is 1. The van der Waals surface area contributed by atoms with Gasteiger partial charge in [-0.25, -0.2) is 0 Å². The summed E-state index contributed by atoms with van der Waals surface area (Å²) in [6.45, 7) is 0.455. The molecule has 0 bridgehead atoms. The minimum Gasteiger partial charge on any atom is -0.497 e. The maximum Gasteiger partial charge on any atom is 0.244 e. The van der Waals surface area contributed by atoms with Gasteiger partial charge in [0.05, 0.1) is 14.2 Å². The molecule has 0 aliphatic carbocycles. The van der Waals surface area contributed by atoms with E-state index in [1.165, 1.54) is 0 Å². The second-order valence-corrected chi connectivity index (χ2v) is 5.96. The molecular formula is C19H23ClN4O3. The quantitative estimate of drug-likeness (QED) is 0.517. The molecule has 8 heteroatoms. The van der Waals surface area contributed by atoms with E-state index in [-0.39, 0.29) is 12.4 Å². The Hall–Kier alpha value is -2.90. The number of amides is 1. The van der Waals surface area contributed by atoms with E-state index in [2.05, 4.69) is 5.43 Å². The fraction of sp³-hybridized carbons (Fsp3) is 0.211. The van der Waals surface area contributed by atoms with Gasteiger partial charge in [-0.05, 0) is 41.5 Å². The highest BCUT2D eigenvalue weighted by atomic mass is 35.5. The van der Waals surface area contributed by atoms with Crippen LogP contribution in [0.3, 0.4) is 0 Å². The fourth-order valence-corrected chi connectivity index (χ4v) is 3.13. The smallest absolute Gasteiger partial charge is 0.244 e. The molecule has 144 valence electrons. The topological polar surface area (TPSA) is 103 Å². The van der Waals surface area contributed by atoms with Gasteiger partial charge in [-0.3, -0.25) is 10.6 Å². The number of anilines is 1. The van der Waals surface area contributed by atoms with E-state index < -0.39 is 11.9 Å². The van der Waals surface area contributed by atoms with Crippen molar-refractivity contribution in [2.24, 2.45) is 11.6 Å². The van der Waals surface area contributed by atoms with Crippen molar-refractivity contribution in [3.63, 3.8) is 0 Å². The molecule has 0 saturated carbocycles. The van der Waals surface area contributed by atoms with E-state index >= 15 is 0 Å². The molecule has 5 N–H and O–H groups in total. The van der Waals surface area contributed by atoms with E-state index in [1.807, 2.05) is 53.6 Å². The standard InChI is InChI=1S/C19H22N4O3.ClH/c1-25-15-6-4-13(17(10-15)26-2)11-23-8-7-12-3-5-14(22-21)9-16(12)18(23)19(20)24;/h3-10,18,22H,11,21H2,1-2H3,(H2,20,24);1H. The summed E-state index contributed by atoms with van der Waals surface area (Å²) in [6, 6.07) is 10.6. The minimum atomic E-state index is -0.602. The lowest BCUT2D eigenvalue weighted by atomic mass is 9.94. The largest absolute Gasteiger partial charge is 0.497 e. The van der Waals surface area contributed by atoms with Crippen LogP contribution in [0.2, 0.25) is 0 Å². The lowest BCUT2D eigenvalue weighted by Crippen LogP contribution is -2.36. The van der Waals surface area contributed by atoms with Gasteiger partial charge in [0.2, 0.25) is 5.91 Å². The predicted molar refractivity (Wildman–Crippen MR) is 108 cm³/mol. The number of benzene rings is 2. The van der Waals surface area contributed by atoms with Crippen molar-refractivity contribution in [1.29, 1.82) is 0 Å². The second kappa shape index (κ2) is 8.66. The van der Waals surface area contributed by atoms with Gasteiger partial charge in [0.25, 0.3) is 0 Å². The van der Waals surface area contributed by atoms with Crippen molar-refractivity contribution in [3.8, 4) is 11.5 Å². The lowest BCUT2D eigenvalue weighted by Gasteiger charge is -2.33. The first-order valence-corrected chi connectivity index (χ1v) is 8.12. The Morgan fingerprint density at radius 3 is 2.59 bits per heavy atom. The second-order valence-electron chi connectivity index (χ2n) is 5.96. The van der Waals surface area contributed by atoms with Gasteiger partial charge in [-0.15, -0.1) is 12.4 Å². The predicted octanol–water partition coefficient (Wildman–Crippen LogP) is 2.42. The summed E-state index contributed by atoms with van der Waals surface area (Å²) in [6.07, 6.45) is 3.82. The van der Waals surface area contributed by atoms with Crippen molar-refractivity contribution < 1.29 is 14.3 Å². The fourth-order valence-electron chi connectivity index (χ4n) is 3.13. The minimum absolute atomic E-state index is 0. The Labute approximate surface area is 164 Å². The molecule has 1 unspecified atom stereocenters. The summed E-state index contributed by atoms with van der Waals surface area (Å²) < 4.78 is 10.7. The normalized spacial score (nSPS) is 14.8. The van der Waals surface area contributed by atoms with Crippen molar-refractivity contribution in [2.45, 2.75) is 12.6 Å². The number of primary amides is 1. The zero-order chi connectivity index (χ0) is 18.7. The van der Waals surface area contributed by atoms with E-state index in [0.29, 0.717) is 23.7 Å². The van der Waals surface area contributed by atoms with Crippen molar-refractivity contribution >= 4 is 30.1 Å². The number of hydrazine groups is 1. The molecule has 1 aliphatic heterocycles.